The lowest BCUT2D eigenvalue weighted by molar-refractivity contribution is 0.0607. The van der Waals surface area contributed by atoms with Gasteiger partial charge < -0.3 is 15.8 Å². The zero-order chi connectivity index (χ0) is 14.7. The van der Waals surface area contributed by atoms with E-state index in [9.17, 15) is 9.59 Å². The van der Waals surface area contributed by atoms with E-state index in [1.54, 1.807) is 17.5 Å². The Labute approximate surface area is 124 Å². The number of amides is 1. The molecule has 0 unspecified atom stereocenters. The van der Waals surface area contributed by atoms with Gasteiger partial charge in [-0.25, -0.2) is 4.79 Å². The molecule has 5 nitrogen and oxygen atoms in total. The van der Waals surface area contributed by atoms with Crippen molar-refractivity contribution in [3.05, 3.63) is 45.1 Å². The van der Waals surface area contributed by atoms with Crippen molar-refractivity contribution in [3.63, 3.8) is 0 Å². The van der Waals surface area contributed by atoms with E-state index in [2.05, 4.69) is 10.1 Å². The number of benzene rings is 1. The van der Waals surface area contributed by atoms with E-state index in [1.165, 1.54) is 30.6 Å². The van der Waals surface area contributed by atoms with Crippen LogP contribution in [-0.4, -0.2) is 19.0 Å². The number of ether oxygens (including phenoxy) is 1. The zero-order valence-electron chi connectivity index (χ0n) is 10.5. The minimum atomic E-state index is -0.501. The van der Waals surface area contributed by atoms with Crippen LogP contribution in [0.15, 0.2) is 29.6 Å². The lowest BCUT2D eigenvalue weighted by atomic mass is 10.1. The van der Waals surface area contributed by atoms with Crippen LogP contribution in [0.25, 0.3) is 0 Å². The number of carbonyl (C=O) groups excluding carboxylic acids is 2. The molecule has 0 spiro atoms. The van der Waals surface area contributed by atoms with Crippen molar-refractivity contribution < 1.29 is 14.3 Å². The molecular weight excluding hydrogens is 300 g/mol. The number of nitrogens with one attached hydrogen (secondary N) is 1. The van der Waals surface area contributed by atoms with Crippen LogP contribution in [0, 0.1) is 0 Å². The normalized spacial score (nSPS) is 10.1. The fourth-order valence-electron chi connectivity index (χ4n) is 1.59. The van der Waals surface area contributed by atoms with Crippen molar-refractivity contribution in [2.24, 2.45) is 0 Å². The first-order valence-corrected chi connectivity index (χ1v) is 6.81. The van der Waals surface area contributed by atoms with E-state index in [4.69, 9.17) is 17.3 Å². The molecule has 1 aromatic heterocycles. The number of halogens is 1. The number of carbonyl (C=O) groups is 2. The first-order valence-electron chi connectivity index (χ1n) is 5.55. The lowest BCUT2D eigenvalue weighted by Gasteiger charge is -2.08. The van der Waals surface area contributed by atoms with Crippen LogP contribution in [0.1, 0.15) is 20.0 Å². The molecule has 1 amide bonds. The first kappa shape index (κ1) is 14.4. The molecule has 0 radical (unpaired) electrons. The molecule has 0 bridgehead atoms. The molecule has 20 heavy (non-hydrogen) atoms. The van der Waals surface area contributed by atoms with Gasteiger partial charge in [-0.05, 0) is 29.6 Å². The smallest absolute Gasteiger partial charge is 0.350 e. The van der Waals surface area contributed by atoms with Crippen molar-refractivity contribution in [2.45, 2.75) is 0 Å². The van der Waals surface area contributed by atoms with Gasteiger partial charge in [-0.2, -0.15) is 0 Å². The second kappa shape index (κ2) is 5.94. The number of esters is 1. The van der Waals surface area contributed by atoms with Gasteiger partial charge in [-0.1, -0.05) is 11.6 Å². The Balaban J connectivity index is 2.24. The summed E-state index contributed by atoms with van der Waals surface area (Å²) in [5.74, 6) is -0.915. The second-order valence-electron chi connectivity index (χ2n) is 3.84. The van der Waals surface area contributed by atoms with E-state index in [0.717, 1.165) is 0 Å². The Kier molecular flexibility index (Phi) is 4.26. The van der Waals surface area contributed by atoms with Gasteiger partial charge in [0, 0.05) is 10.7 Å². The number of anilines is 2. The van der Waals surface area contributed by atoms with Gasteiger partial charge in [0.15, 0.2) is 0 Å². The van der Waals surface area contributed by atoms with Crippen molar-refractivity contribution in [1.82, 2.24) is 0 Å². The van der Waals surface area contributed by atoms with Crippen molar-refractivity contribution in [1.29, 1.82) is 0 Å². The standard InChI is InChI=1S/C13H11ClN2O3S/c1-19-13(18)11-10(4-5-20-11)16-12(17)8-3-2-7(14)6-9(8)15/h2-6H,15H2,1H3,(H,16,17). The lowest BCUT2D eigenvalue weighted by Crippen LogP contribution is -2.15. The van der Waals surface area contributed by atoms with Crippen LogP contribution >= 0.6 is 22.9 Å². The average molecular weight is 311 g/mol. The van der Waals surface area contributed by atoms with Gasteiger partial charge in [-0.3, -0.25) is 4.79 Å². The van der Waals surface area contributed by atoms with Crippen LogP contribution in [0.5, 0.6) is 0 Å². The molecule has 7 heteroatoms. The molecule has 104 valence electrons. The molecule has 0 fully saturated rings. The fourth-order valence-corrected chi connectivity index (χ4v) is 2.53. The summed E-state index contributed by atoms with van der Waals surface area (Å²) in [5, 5.41) is 4.77. The number of nitrogens with two attached hydrogens (primary N) is 1. The predicted molar refractivity (Wildman–Crippen MR) is 79.5 cm³/mol. The van der Waals surface area contributed by atoms with E-state index in [-0.39, 0.29) is 11.3 Å². The Morgan fingerprint density at radius 3 is 2.75 bits per heavy atom. The Bertz CT molecular complexity index is 669. The quantitative estimate of drug-likeness (QED) is 0.674. The summed E-state index contributed by atoms with van der Waals surface area (Å²) >= 11 is 6.96. The molecule has 0 aliphatic carbocycles. The van der Waals surface area contributed by atoms with Crippen LogP contribution in [0.4, 0.5) is 11.4 Å². The molecule has 0 saturated carbocycles. The highest BCUT2D eigenvalue weighted by Gasteiger charge is 2.17. The Morgan fingerprint density at radius 2 is 2.10 bits per heavy atom. The number of rotatable bonds is 3. The van der Waals surface area contributed by atoms with Gasteiger partial charge >= 0.3 is 5.97 Å². The SMILES string of the molecule is COC(=O)c1sccc1NC(=O)c1ccc(Cl)cc1N. The molecule has 1 aromatic carbocycles. The molecule has 1 heterocycles. The Hall–Kier alpha value is -2.05. The molecule has 2 aromatic rings. The topological polar surface area (TPSA) is 81.4 Å². The van der Waals surface area contributed by atoms with Crippen LogP contribution < -0.4 is 11.1 Å². The maximum atomic E-state index is 12.1. The number of thiophene rings is 1. The summed E-state index contributed by atoms with van der Waals surface area (Å²) in [4.78, 5) is 24.0. The van der Waals surface area contributed by atoms with Gasteiger partial charge in [0.05, 0.1) is 18.4 Å². The highest BCUT2D eigenvalue weighted by atomic mass is 35.5. The summed E-state index contributed by atoms with van der Waals surface area (Å²) in [6.07, 6.45) is 0. The van der Waals surface area contributed by atoms with E-state index < -0.39 is 11.9 Å². The first-order chi connectivity index (χ1) is 9.52. The van der Waals surface area contributed by atoms with E-state index in [1.807, 2.05) is 0 Å². The highest BCUT2D eigenvalue weighted by Crippen LogP contribution is 2.25. The van der Waals surface area contributed by atoms with Crippen LogP contribution in [0.3, 0.4) is 0 Å². The number of methoxy groups -OCH3 is 1. The summed E-state index contributed by atoms with van der Waals surface area (Å²) in [6, 6.07) is 6.21. The van der Waals surface area contributed by atoms with E-state index in [0.29, 0.717) is 15.6 Å². The minimum Gasteiger partial charge on any atom is -0.465 e. The zero-order valence-corrected chi connectivity index (χ0v) is 12.0. The molecular formula is C13H11ClN2O3S. The molecule has 2 rings (SSSR count). The van der Waals surface area contributed by atoms with Gasteiger partial charge in [0.25, 0.3) is 5.91 Å². The third-order valence-corrected chi connectivity index (χ3v) is 3.67. The average Bonchev–Trinajstić information content (AvgIpc) is 2.85. The predicted octanol–water partition coefficient (Wildman–Crippen LogP) is 3.02. The van der Waals surface area contributed by atoms with Crippen molar-refractivity contribution in [2.75, 3.05) is 18.2 Å². The Morgan fingerprint density at radius 1 is 1.35 bits per heavy atom. The molecule has 0 aliphatic rings. The second-order valence-corrected chi connectivity index (χ2v) is 5.19. The van der Waals surface area contributed by atoms with Gasteiger partial charge in [0.2, 0.25) is 0 Å². The molecule has 3 N–H and O–H groups in total. The summed E-state index contributed by atoms with van der Waals surface area (Å²) in [7, 11) is 1.28. The maximum Gasteiger partial charge on any atom is 0.350 e. The summed E-state index contributed by atoms with van der Waals surface area (Å²) < 4.78 is 4.64. The largest absolute Gasteiger partial charge is 0.465 e. The van der Waals surface area contributed by atoms with Gasteiger partial charge in [0.1, 0.15) is 4.88 Å². The minimum absolute atomic E-state index is 0.268. The molecule has 0 aliphatic heterocycles. The molecule has 0 saturated heterocycles. The summed E-state index contributed by atoms with van der Waals surface area (Å²) in [5.41, 5.74) is 6.69. The third kappa shape index (κ3) is 2.92. The number of hydrogen-bond acceptors (Lipinski definition) is 5. The van der Waals surface area contributed by atoms with Crippen molar-refractivity contribution in [3.8, 4) is 0 Å². The van der Waals surface area contributed by atoms with Crippen LogP contribution in [-0.2, 0) is 4.74 Å². The molecule has 0 atom stereocenters. The maximum absolute atomic E-state index is 12.1. The van der Waals surface area contributed by atoms with Gasteiger partial charge in [-0.15, -0.1) is 11.3 Å². The van der Waals surface area contributed by atoms with Crippen LogP contribution in [0.2, 0.25) is 5.02 Å². The number of nitrogen functional groups attached to an aromatic ring is 1. The van der Waals surface area contributed by atoms with Crippen molar-refractivity contribution >= 4 is 46.2 Å². The summed E-state index contributed by atoms with van der Waals surface area (Å²) in [6.45, 7) is 0. The fraction of sp³-hybridized carbons (Fsp3) is 0.0769. The monoisotopic (exact) mass is 310 g/mol. The third-order valence-electron chi connectivity index (χ3n) is 2.54. The highest BCUT2D eigenvalue weighted by molar-refractivity contribution is 7.12. The van der Waals surface area contributed by atoms with E-state index >= 15 is 0 Å². The number of hydrogen-bond donors (Lipinski definition) is 2.